The Morgan fingerprint density at radius 1 is 1.03 bits per heavy atom. The van der Waals surface area contributed by atoms with E-state index in [1.54, 1.807) is 7.11 Å². The third-order valence-corrected chi connectivity index (χ3v) is 6.35. The predicted octanol–water partition coefficient (Wildman–Crippen LogP) is 4.08. The van der Waals surface area contributed by atoms with Crippen molar-refractivity contribution in [3.8, 4) is 5.75 Å². The zero-order chi connectivity index (χ0) is 21.5. The van der Waals surface area contributed by atoms with Crippen molar-refractivity contribution in [1.29, 1.82) is 0 Å². The van der Waals surface area contributed by atoms with Gasteiger partial charge in [-0.25, -0.2) is 0 Å². The van der Waals surface area contributed by atoms with Gasteiger partial charge >= 0.3 is 0 Å². The maximum atomic E-state index is 12.2. The van der Waals surface area contributed by atoms with Gasteiger partial charge in [0.25, 0.3) is 0 Å². The normalized spacial score (nSPS) is 10.5. The molecule has 0 aliphatic rings. The lowest BCUT2D eigenvalue weighted by Gasteiger charge is -2.09. The van der Waals surface area contributed by atoms with Crippen LogP contribution in [0.1, 0.15) is 16.7 Å². The maximum Gasteiger partial charge on any atom is 0.234 e. The fraction of sp³-hybridized carbons (Fsp3) is 0.238. The molecule has 2 amide bonds. The number of hydrogen-bond acceptors (Lipinski definition) is 7. The van der Waals surface area contributed by atoms with Crippen LogP contribution in [0.15, 0.2) is 46.8 Å². The molecular formula is C21H22N4O3S2. The van der Waals surface area contributed by atoms with Crippen LogP contribution in [0.2, 0.25) is 0 Å². The van der Waals surface area contributed by atoms with Gasteiger partial charge in [0.1, 0.15) is 5.75 Å². The number of methoxy groups -OCH3 is 1. The maximum absolute atomic E-state index is 12.2. The number of hydrogen-bond donors (Lipinski definition) is 2. The summed E-state index contributed by atoms with van der Waals surface area (Å²) in [5.74, 6) is 0.656. The highest BCUT2D eigenvalue weighted by Gasteiger charge is 2.12. The lowest BCUT2D eigenvalue weighted by atomic mass is 10.1. The zero-order valence-electron chi connectivity index (χ0n) is 16.9. The van der Waals surface area contributed by atoms with E-state index in [-0.39, 0.29) is 24.0 Å². The number of ether oxygens (including phenoxy) is 1. The number of carbonyl (C=O) groups is 2. The largest absolute Gasteiger partial charge is 0.497 e. The minimum absolute atomic E-state index is 0.117. The van der Waals surface area contributed by atoms with Crippen LogP contribution in [0.4, 0.5) is 10.8 Å². The van der Waals surface area contributed by atoms with Crippen LogP contribution in [-0.2, 0) is 16.0 Å². The summed E-state index contributed by atoms with van der Waals surface area (Å²) in [6, 6.07) is 13.1. The third-order valence-electron chi connectivity index (χ3n) is 4.38. The molecule has 1 heterocycles. The predicted molar refractivity (Wildman–Crippen MR) is 121 cm³/mol. The first-order valence-corrected chi connectivity index (χ1v) is 11.0. The molecule has 0 bridgehead atoms. The van der Waals surface area contributed by atoms with E-state index in [0.717, 1.165) is 28.1 Å². The number of thioether (sulfide) groups is 1. The molecule has 9 heteroatoms. The topological polar surface area (TPSA) is 93.2 Å². The summed E-state index contributed by atoms with van der Waals surface area (Å²) in [5, 5.41) is 14.1. The Labute approximate surface area is 183 Å². The number of nitrogens with one attached hydrogen (secondary N) is 2. The standard InChI is InChI=1S/C21H22N4O3S2/c1-13-5-4-6-17(14(13)2)22-19(27)12-29-21-25-24-20(30-21)23-18(26)11-15-7-9-16(28-3)10-8-15/h4-10H,11-12H2,1-3H3,(H,22,27)(H,23,24,26). The van der Waals surface area contributed by atoms with Gasteiger partial charge in [-0.2, -0.15) is 0 Å². The van der Waals surface area contributed by atoms with Crippen LogP contribution in [0.5, 0.6) is 5.75 Å². The van der Waals surface area contributed by atoms with Gasteiger partial charge in [0.15, 0.2) is 4.34 Å². The lowest BCUT2D eigenvalue weighted by molar-refractivity contribution is -0.115. The van der Waals surface area contributed by atoms with Crippen LogP contribution >= 0.6 is 23.1 Å². The van der Waals surface area contributed by atoms with Crippen LogP contribution < -0.4 is 15.4 Å². The number of rotatable bonds is 8. The second-order valence-electron chi connectivity index (χ2n) is 6.53. The van der Waals surface area contributed by atoms with E-state index in [1.807, 2.05) is 56.3 Å². The molecule has 0 saturated heterocycles. The Morgan fingerprint density at radius 3 is 2.53 bits per heavy atom. The highest BCUT2D eigenvalue weighted by molar-refractivity contribution is 8.01. The number of carbonyl (C=O) groups excluding carboxylic acids is 2. The number of anilines is 2. The van der Waals surface area contributed by atoms with Crippen molar-refractivity contribution >= 4 is 45.7 Å². The van der Waals surface area contributed by atoms with Crippen LogP contribution in [0, 0.1) is 13.8 Å². The summed E-state index contributed by atoms with van der Waals surface area (Å²) in [6.45, 7) is 3.98. The number of benzene rings is 2. The Hall–Kier alpha value is -2.91. The summed E-state index contributed by atoms with van der Waals surface area (Å²) in [5.41, 5.74) is 3.85. The molecule has 1 aromatic heterocycles. The molecule has 0 unspecified atom stereocenters. The highest BCUT2D eigenvalue weighted by Crippen LogP contribution is 2.26. The molecule has 0 atom stereocenters. The Bertz CT molecular complexity index is 1030. The molecule has 0 spiro atoms. The number of aromatic nitrogens is 2. The van der Waals surface area contributed by atoms with Crippen LogP contribution in [0.25, 0.3) is 0 Å². The van der Waals surface area contributed by atoms with E-state index in [1.165, 1.54) is 23.1 Å². The molecule has 0 aliphatic carbocycles. The van der Waals surface area contributed by atoms with Gasteiger partial charge in [-0.3, -0.25) is 9.59 Å². The Kier molecular flexibility index (Phi) is 7.42. The van der Waals surface area contributed by atoms with Crippen molar-refractivity contribution in [1.82, 2.24) is 10.2 Å². The molecule has 7 nitrogen and oxygen atoms in total. The van der Waals surface area contributed by atoms with E-state index in [9.17, 15) is 9.59 Å². The first kappa shape index (κ1) is 21.8. The molecule has 30 heavy (non-hydrogen) atoms. The van der Waals surface area contributed by atoms with Crippen molar-refractivity contribution < 1.29 is 14.3 Å². The molecule has 156 valence electrons. The second kappa shape index (κ2) is 10.2. The van der Waals surface area contributed by atoms with Crippen molar-refractivity contribution in [3.63, 3.8) is 0 Å². The van der Waals surface area contributed by atoms with E-state index in [0.29, 0.717) is 9.47 Å². The average molecular weight is 443 g/mol. The Balaban J connectivity index is 1.47. The number of aryl methyl sites for hydroxylation is 1. The lowest BCUT2D eigenvalue weighted by Crippen LogP contribution is -2.15. The van der Waals surface area contributed by atoms with Crippen molar-refractivity contribution in [2.75, 3.05) is 23.5 Å². The van der Waals surface area contributed by atoms with E-state index in [2.05, 4.69) is 20.8 Å². The fourth-order valence-corrected chi connectivity index (χ4v) is 4.18. The third kappa shape index (κ3) is 6.04. The SMILES string of the molecule is COc1ccc(CC(=O)Nc2nnc(SCC(=O)Nc3cccc(C)c3C)s2)cc1. The first-order valence-electron chi connectivity index (χ1n) is 9.19. The molecule has 0 radical (unpaired) electrons. The molecule has 0 saturated carbocycles. The molecule has 2 aromatic carbocycles. The monoisotopic (exact) mass is 442 g/mol. The molecule has 2 N–H and O–H groups in total. The molecular weight excluding hydrogens is 420 g/mol. The van der Waals surface area contributed by atoms with Crippen molar-refractivity contribution in [3.05, 3.63) is 59.2 Å². The number of nitrogens with zero attached hydrogens (tertiary/aromatic N) is 2. The summed E-state index contributed by atoms with van der Waals surface area (Å²) in [7, 11) is 1.60. The summed E-state index contributed by atoms with van der Waals surface area (Å²) >= 11 is 2.52. The van der Waals surface area contributed by atoms with Crippen LogP contribution in [-0.4, -0.2) is 34.9 Å². The van der Waals surface area contributed by atoms with Gasteiger partial charge in [-0.15, -0.1) is 10.2 Å². The average Bonchev–Trinajstić information content (AvgIpc) is 3.17. The second-order valence-corrected chi connectivity index (χ2v) is 8.73. The minimum atomic E-state index is -0.180. The van der Waals surface area contributed by atoms with E-state index < -0.39 is 0 Å². The van der Waals surface area contributed by atoms with Gasteiger partial charge in [0.05, 0.1) is 19.3 Å². The van der Waals surface area contributed by atoms with Gasteiger partial charge in [0, 0.05) is 5.69 Å². The molecule has 0 fully saturated rings. The molecule has 3 rings (SSSR count). The van der Waals surface area contributed by atoms with Crippen molar-refractivity contribution in [2.24, 2.45) is 0 Å². The molecule has 0 aliphatic heterocycles. The van der Waals surface area contributed by atoms with E-state index >= 15 is 0 Å². The first-order chi connectivity index (χ1) is 14.4. The Morgan fingerprint density at radius 2 is 1.80 bits per heavy atom. The van der Waals surface area contributed by atoms with Crippen LogP contribution in [0.3, 0.4) is 0 Å². The van der Waals surface area contributed by atoms with Gasteiger partial charge < -0.3 is 15.4 Å². The van der Waals surface area contributed by atoms with Gasteiger partial charge in [-0.1, -0.05) is 47.4 Å². The van der Waals surface area contributed by atoms with Gasteiger partial charge in [-0.05, 0) is 48.7 Å². The summed E-state index contributed by atoms with van der Waals surface area (Å²) in [4.78, 5) is 24.4. The van der Waals surface area contributed by atoms with Crippen molar-refractivity contribution in [2.45, 2.75) is 24.6 Å². The quantitative estimate of drug-likeness (QED) is 0.403. The smallest absolute Gasteiger partial charge is 0.234 e. The van der Waals surface area contributed by atoms with E-state index in [4.69, 9.17) is 4.74 Å². The molecule has 3 aromatic rings. The van der Waals surface area contributed by atoms with Gasteiger partial charge in [0.2, 0.25) is 16.9 Å². The zero-order valence-corrected chi connectivity index (χ0v) is 18.5. The summed E-state index contributed by atoms with van der Waals surface area (Å²) in [6.07, 6.45) is 0.226. The number of amides is 2. The highest BCUT2D eigenvalue weighted by atomic mass is 32.2. The summed E-state index contributed by atoms with van der Waals surface area (Å²) < 4.78 is 5.73. The fourth-order valence-electron chi connectivity index (χ4n) is 2.61. The minimum Gasteiger partial charge on any atom is -0.497 e.